The van der Waals surface area contributed by atoms with E-state index in [1.165, 1.54) is 0 Å². The molecule has 1 N–H and O–H groups in total. The first-order valence-corrected chi connectivity index (χ1v) is 10.5. The number of hydrogen-bond acceptors (Lipinski definition) is 5. The molecule has 3 heterocycles. The van der Waals surface area contributed by atoms with Crippen molar-refractivity contribution in [3.8, 4) is 0 Å². The minimum absolute atomic E-state index is 0.118. The Hall–Kier alpha value is -2.38. The highest BCUT2D eigenvalue weighted by atomic mass is 32.1. The monoisotopic (exact) mass is 402 g/mol. The number of carbonyl (C=O) groups is 2. The molecule has 0 unspecified atom stereocenters. The minimum Gasteiger partial charge on any atom is -0.462 e. The van der Waals surface area contributed by atoms with Crippen LogP contribution >= 0.6 is 22.7 Å². The fourth-order valence-electron chi connectivity index (χ4n) is 3.01. The zero-order valence-corrected chi connectivity index (χ0v) is 17.2. The molecule has 1 amide bonds. The van der Waals surface area contributed by atoms with Crippen LogP contribution in [0.4, 0.5) is 0 Å². The van der Waals surface area contributed by atoms with Crippen molar-refractivity contribution in [1.29, 1.82) is 0 Å². The van der Waals surface area contributed by atoms with Gasteiger partial charge < -0.3 is 14.6 Å². The molecule has 3 aromatic rings. The van der Waals surface area contributed by atoms with Crippen molar-refractivity contribution in [2.45, 2.75) is 33.9 Å². The van der Waals surface area contributed by atoms with Crippen LogP contribution in [0.3, 0.4) is 0 Å². The van der Waals surface area contributed by atoms with Gasteiger partial charge in [-0.15, -0.1) is 22.7 Å². The third-order valence-electron chi connectivity index (χ3n) is 4.27. The van der Waals surface area contributed by atoms with Gasteiger partial charge in [0, 0.05) is 15.4 Å². The summed E-state index contributed by atoms with van der Waals surface area (Å²) in [4.78, 5) is 32.7. The molecule has 0 aliphatic heterocycles. The van der Waals surface area contributed by atoms with E-state index in [9.17, 15) is 9.59 Å². The standard InChI is InChI=1S/C20H22N2O3S2/c1-4-25-20(24)17-13(2)18(21-14(17)3)19(23)22(11-15-7-5-9-26-15)12-16-8-6-10-27-16/h5-10,21H,4,11-12H2,1-3H3. The first kappa shape index (κ1) is 19.4. The smallest absolute Gasteiger partial charge is 0.340 e. The van der Waals surface area contributed by atoms with Gasteiger partial charge in [0.25, 0.3) is 5.91 Å². The van der Waals surface area contributed by atoms with E-state index >= 15 is 0 Å². The van der Waals surface area contributed by atoms with Crippen LogP contribution in [0.25, 0.3) is 0 Å². The van der Waals surface area contributed by atoms with E-state index in [0.717, 1.165) is 9.75 Å². The number of H-pyrrole nitrogens is 1. The van der Waals surface area contributed by atoms with Crippen LogP contribution < -0.4 is 0 Å². The minimum atomic E-state index is -0.397. The van der Waals surface area contributed by atoms with E-state index in [-0.39, 0.29) is 5.91 Å². The molecule has 3 aromatic heterocycles. The third kappa shape index (κ3) is 4.31. The van der Waals surface area contributed by atoms with Gasteiger partial charge in [0.1, 0.15) is 5.69 Å². The average Bonchev–Trinajstić information content (AvgIpc) is 3.37. The lowest BCUT2D eigenvalue weighted by atomic mass is 10.1. The van der Waals surface area contributed by atoms with Crippen LogP contribution in [-0.2, 0) is 17.8 Å². The molecule has 7 heteroatoms. The Morgan fingerprint density at radius 3 is 2.15 bits per heavy atom. The molecular formula is C20H22N2O3S2. The molecule has 0 aromatic carbocycles. The molecule has 0 aliphatic rings. The van der Waals surface area contributed by atoms with Crippen molar-refractivity contribution >= 4 is 34.6 Å². The van der Waals surface area contributed by atoms with Gasteiger partial charge in [0.2, 0.25) is 0 Å². The van der Waals surface area contributed by atoms with Crippen molar-refractivity contribution in [2.75, 3.05) is 6.61 Å². The Morgan fingerprint density at radius 2 is 1.67 bits per heavy atom. The molecule has 0 aliphatic carbocycles. The Bertz CT molecular complexity index is 875. The number of esters is 1. The highest BCUT2D eigenvalue weighted by molar-refractivity contribution is 7.10. The fourth-order valence-corrected chi connectivity index (χ4v) is 4.45. The van der Waals surface area contributed by atoms with Gasteiger partial charge in [-0.3, -0.25) is 4.79 Å². The highest BCUT2D eigenvalue weighted by Gasteiger charge is 2.26. The number of nitrogens with one attached hydrogen (secondary N) is 1. The van der Waals surface area contributed by atoms with E-state index in [1.807, 2.05) is 39.9 Å². The normalized spacial score (nSPS) is 10.8. The summed E-state index contributed by atoms with van der Waals surface area (Å²) in [5.41, 5.74) is 2.19. The van der Waals surface area contributed by atoms with Crippen LogP contribution in [0.5, 0.6) is 0 Å². The highest BCUT2D eigenvalue weighted by Crippen LogP contribution is 2.24. The number of amides is 1. The van der Waals surface area contributed by atoms with Crippen LogP contribution in [0.15, 0.2) is 35.0 Å². The van der Waals surface area contributed by atoms with Gasteiger partial charge in [0.15, 0.2) is 0 Å². The summed E-state index contributed by atoms with van der Waals surface area (Å²) in [7, 11) is 0. The Kier molecular flexibility index (Phi) is 6.13. The number of hydrogen-bond donors (Lipinski definition) is 1. The van der Waals surface area contributed by atoms with Crippen molar-refractivity contribution in [1.82, 2.24) is 9.88 Å². The van der Waals surface area contributed by atoms with Crippen molar-refractivity contribution in [3.05, 3.63) is 67.3 Å². The maximum absolute atomic E-state index is 13.3. The van der Waals surface area contributed by atoms with Gasteiger partial charge in [0.05, 0.1) is 25.3 Å². The summed E-state index contributed by atoms with van der Waals surface area (Å²) in [6.45, 7) is 6.71. The van der Waals surface area contributed by atoms with E-state index in [1.54, 1.807) is 43.4 Å². The number of nitrogens with zero attached hydrogens (tertiary/aromatic N) is 1. The summed E-state index contributed by atoms with van der Waals surface area (Å²) < 4.78 is 5.13. The van der Waals surface area contributed by atoms with Crippen molar-refractivity contribution in [3.63, 3.8) is 0 Å². The number of aryl methyl sites for hydroxylation is 1. The summed E-state index contributed by atoms with van der Waals surface area (Å²) in [6, 6.07) is 8.01. The molecule has 3 rings (SSSR count). The van der Waals surface area contributed by atoms with E-state index in [0.29, 0.717) is 42.2 Å². The number of aromatic amines is 1. The quantitative estimate of drug-likeness (QED) is 0.579. The molecule has 5 nitrogen and oxygen atoms in total. The Balaban J connectivity index is 1.91. The Labute approximate surface area is 166 Å². The lowest BCUT2D eigenvalue weighted by molar-refractivity contribution is 0.0525. The van der Waals surface area contributed by atoms with Crippen LogP contribution in [-0.4, -0.2) is 28.4 Å². The summed E-state index contributed by atoms with van der Waals surface area (Å²) in [5.74, 6) is -0.515. The maximum Gasteiger partial charge on any atom is 0.340 e. The van der Waals surface area contributed by atoms with Gasteiger partial charge in [-0.2, -0.15) is 0 Å². The maximum atomic E-state index is 13.3. The molecule has 142 valence electrons. The molecule has 0 bridgehead atoms. The van der Waals surface area contributed by atoms with E-state index in [2.05, 4.69) is 4.98 Å². The zero-order chi connectivity index (χ0) is 19.4. The summed E-state index contributed by atoms with van der Waals surface area (Å²) >= 11 is 3.25. The van der Waals surface area contributed by atoms with Crippen LogP contribution in [0.2, 0.25) is 0 Å². The van der Waals surface area contributed by atoms with Gasteiger partial charge in [-0.1, -0.05) is 12.1 Å². The predicted molar refractivity (Wildman–Crippen MR) is 108 cm³/mol. The summed E-state index contributed by atoms with van der Waals surface area (Å²) in [5, 5.41) is 4.01. The van der Waals surface area contributed by atoms with E-state index < -0.39 is 5.97 Å². The second-order valence-electron chi connectivity index (χ2n) is 6.17. The lowest BCUT2D eigenvalue weighted by Crippen LogP contribution is -2.30. The number of carbonyl (C=O) groups excluding carboxylic acids is 2. The number of aromatic nitrogens is 1. The van der Waals surface area contributed by atoms with Crippen LogP contribution in [0.1, 0.15) is 48.8 Å². The number of rotatable bonds is 7. The van der Waals surface area contributed by atoms with Crippen molar-refractivity contribution in [2.24, 2.45) is 0 Å². The van der Waals surface area contributed by atoms with E-state index in [4.69, 9.17) is 4.74 Å². The van der Waals surface area contributed by atoms with Crippen LogP contribution in [0, 0.1) is 13.8 Å². The molecular weight excluding hydrogens is 380 g/mol. The first-order valence-electron chi connectivity index (χ1n) is 8.71. The first-order chi connectivity index (χ1) is 13.0. The molecule has 0 spiro atoms. The Morgan fingerprint density at radius 1 is 1.07 bits per heavy atom. The number of thiophene rings is 2. The second-order valence-corrected chi connectivity index (χ2v) is 8.23. The van der Waals surface area contributed by atoms with Gasteiger partial charge in [-0.05, 0) is 49.2 Å². The third-order valence-corrected chi connectivity index (χ3v) is 5.99. The second kappa shape index (κ2) is 8.54. The molecule has 0 saturated heterocycles. The largest absolute Gasteiger partial charge is 0.462 e. The molecule has 0 saturated carbocycles. The lowest BCUT2D eigenvalue weighted by Gasteiger charge is -2.21. The average molecular weight is 403 g/mol. The molecule has 0 atom stereocenters. The van der Waals surface area contributed by atoms with Gasteiger partial charge in [-0.25, -0.2) is 4.79 Å². The van der Waals surface area contributed by atoms with Gasteiger partial charge >= 0.3 is 5.97 Å². The molecule has 27 heavy (non-hydrogen) atoms. The predicted octanol–water partition coefficient (Wildman–Crippen LogP) is 4.77. The number of ether oxygens (including phenoxy) is 1. The topological polar surface area (TPSA) is 62.4 Å². The summed E-state index contributed by atoms with van der Waals surface area (Å²) in [6.07, 6.45) is 0. The zero-order valence-electron chi connectivity index (χ0n) is 15.6. The fraction of sp³-hybridized carbons (Fsp3) is 0.300. The van der Waals surface area contributed by atoms with Crippen molar-refractivity contribution < 1.29 is 14.3 Å². The molecule has 0 radical (unpaired) electrons. The molecule has 0 fully saturated rings. The SMILES string of the molecule is CCOC(=O)c1c(C)[nH]c(C(=O)N(Cc2cccs2)Cc2cccs2)c1C.